The number of nitrogens with zero attached hydrogens (tertiary/aromatic N) is 1. The van der Waals surface area contributed by atoms with E-state index in [0.717, 1.165) is 11.3 Å². The first-order valence-electron chi connectivity index (χ1n) is 5.53. The van der Waals surface area contributed by atoms with Gasteiger partial charge in [-0.3, -0.25) is 5.43 Å². The fourth-order valence-corrected chi connectivity index (χ4v) is 1.51. The number of hydrazone groups is 1. The number of benzene rings is 2. The Morgan fingerprint density at radius 1 is 1.11 bits per heavy atom. The Bertz CT molecular complexity index is 580. The SMILES string of the molecule is Cc1ccccc1NN=Cc1ccc(O)cc1O. The van der Waals surface area contributed by atoms with Gasteiger partial charge in [0, 0.05) is 11.6 Å². The van der Waals surface area contributed by atoms with E-state index in [4.69, 9.17) is 5.11 Å². The minimum atomic E-state index is -0.00895. The van der Waals surface area contributed by atoms with Crippen molar-refractivity contribution in [1.82, 2.24) is 0 Å². The minimum Gasteiger partial charge on any atom is -0.508 e. The predicted molar refractivity (Wildman–Crippen MR) is 72.2 cm³/mol. The lowest BCUT2D eigenvalue weighted by molar-refractivity contribution is 0.450. The Hall–Kier alpha value is -2.49. The summed E-state index contributed by atoms with van der Waals surface area (Å²) in [6.45, 7) is 1.98. The first-order chi connectivity index (χ1) is 8.66. The van der Waals surface area contributed by atoms with Gasteiger partial charge >= 0.3 is 0 Å². The van der Waals surface area contributed by atoms with E-state index in [1.54, 1.807) is 6.07 Å². The average Bonchev–Trinajstić information content (AvgIpc) is 2.34. The van der Waals surface area contributed by atoms with Crippen LogP contribution in [0.1, 0.15) is 11.1 Å². The van der Waals surface area contributed by atoms with Crippen molar-refractivity contribution >= 4 is 11.9 Å². The van der Waals surface area contributed by atoms with E-state index in [9.17, 15) is 5.11 Å². The van der Waals surface area contributed by atoms with E-state index in [1.807, 2.05) is 31.2 Å². The first kappa shape index (κ1) is 12.0. The summed E-state index contributed by atoms with van der Waals surface area (Å²) in [6, 6.07) is 12.1. The van der Waals surface area contributed by atoms with Crippen molar-refractivity contribution in [1.29, 1.82) is 0 Å². The van der Waals surface area contributed by atoms with Crippen LogP contribution in [-0.2, 0) is 0 Å². The maximum Gasteiger partial charge on any atom is 0.128 e. The Balaban J connectivity index is 2.10. The molecule has 0 saturated carbocycles. The number of aryl methyl sites for hydroxylation is 1. The summed E-state index contributed by atoms with van der Waals surface area (Å²) in [5, 5.41) is 22.8. The van der Waals surface area contributed by atoms with Crippen molar-refractivity contribution in [2.75, 3.05) is 5.43 Å². The summed E-state index contributed by atoms with van der Waals surface area (Å²) in [7, 11) is 0. The fraction of sp³-hybridized carbons (Fsp3) is 0.0714. The van der Waals surface area contributed by atoms with Crippen molar-refractivity contribution in [2.45, 2.75) is 6.92 Å². The molecule has 0 aliphatic heterocycles. The number of para-hydroxylation sites is 1. The molecule has 2 aromatic rings. The topological polar surface area (TPSA) is 64.9 Å². The molecule has 0 fully saturated rings. The Morgan fingerprint density at radius 3 is 2.61 bits per heavy atom. The number of aromatic hydroxyl groups is 2. The van der Waals surface area contributed by atoms with Crippen LogP contribution in [0.3, 0.4) is 0 Å². The molecule has 0 unspecified atom stereocenters. The van der Waals surface area contributed by atoms with Crippen LogP contribution >= 0.6 is 0 Å². The summed E-state index contributed by atoms with van der Waals surface area (Å²) in [4.78, 5) is 0. The molecule has 92 valence electrons. The Labute approximate surface area is 105 Å². The number of phenolic OH excluding ortho intramolecular Hbond substituents is 2. The molecule has 2 aromatic carbocycles. The molecular formula is C14H14N2O2. The van der Waals surface area contributed by atoms with Crippen molar-refractivity contribution in [3.05, 3.63) is 53.6 Å². The summed E-state index contributed by atoms with van der Waals surface area (Å²) in [5.41, 5.74) is 5.43. The zero-order valence-electron chi connectivity index (χ0n) is 9.96. The summed E-state index contributed by atoms with van der Waals surface area (Å²) in [6.07, 6.45) is 1.50. The molecule has 0 aliphatic carbocycles. The Morgan fingerprint density at radius 2 is 1.89 bits per heavy atom. The normalized spacial score (nSPS) is 10.7. The zero-order valence-corrected chi connectivity index (χ0v) is 9.96. The Kier molecular flexibility index (Phi) is 3.48. The molecule has 18 heavy (non-hydrogen) atoms. The largest absolute Gasteiger partial charge is 0.508 e. The molecule has 0 atom stereocenters. The summed E-state index contributed by atoms with van der Waals surface area (Å²) >= 11 is 0. The van der Waals surface area contributed by atoms with Crippen molar-refractivity contribution in [3.8, 4) is 11.5 Å². The van der Waals surface area contributed by atoms with Gasteiger partial charge in [-0.15, -0.1) is 0 Å². The predicted octanol–water partition coefficient (Wildman–Crippen LogP) is 2.85. The number of nitrogens with one attached hydrogen (secondary N) is 1. The van der Waals surface area contributed by atoms with Crippen LogP contribution in [0.25, 0.3) is 0 Å². The number of hydrogen-bond donors (Lipinski definition) is 3. The van der Waals surface area contributed by atoms with Crippen LogP contribution in [0.4, 0.5) is 5.69 Å². The van der Waals surface area contributed by atoms with Gasteiger partial charge in [0.1, 0.15) is 11.5 Å². The number of hydrogen-bond acceptors (Lipinski definition) is 4. The first-order valence-corrected chi connectivity index (χ1v) is 5.53. The molecular weight excluding hydrogens is 228 g/mol. The van der Waals surface area contributed by atoms with Gasteiger partial charge in [-0.2, -0.15) is 5.10 Å². The molecule has 0 saturated heterocycles. The van der Waals surface area contributed by atoms with Gasteiger partial charge in [0.2, 0.25) is 0 Å². The van der Waals surface area contributed by atoms with E-state index in [1.165, 1.54) is 18.3 Å². The van der Waals surface area contributed by atoms with E-state index in [2.05, 4.69) is 10.5 Å². The molecule has 3 N–H and O–H groups in total. The van der Waals surface area contributed by atoms with Gasteiger partial charge in [0.15, 0.2) is 0 Å². The van der Waals surface area contributed by atoms with Gasteiger partial charge in [0.25, 0.3) is 0 Å². The van der Waals surface area contributed by atoms with Crippen molar-refractivity contribution in [2.24, 2.45) is 5.10 Å². The highest BCUT2D eigenvalue weighted by atomic mass is 16.3. The van der Waals surface area contributed by atoms with E-state index < -0.39 is 0 Å². The molecule has 2 rings (SSSR count). The van der Waals surface area contributed by atoms with Crippen LogP contribution < -0.4 is 5.43 Å². The molecule has 0 heterocycles. The maximum absolute atomic E-state index is 9.56. The van der Waals surface area contributed by atoms with Gasteiger partial charge in [0.05, 0.1) is 11.9 Å². The maximum atomic E-state index is 9.56. The third-order valence-corrected chi connectivity index (χ3v) is 2.55. The quantitative estimate of drug-likeness (QED) is 0.572. The number of phenols is 2. The van der Waals surface area contributed by atoms with Crippen LogP contribution in [0.15, 0.2) is 47.6 Å². The van der Waals surface area contributed by atoms with Gasteiger partial charge in [-0.1, -0.05) is 18.2 Å². The van der Waals surface area contributed by atoms with Gasteiger partial charge < -0.3 is 10.2 Å². The number of rotatable bonds is 3. The fourth-order valence-electron chi connectivity index (χ4n) is 1.51. The van der Waals surface area contributed by atoms with Crippen LogP contribution in [-0.4, -0.2) is 16.4 Å². The molecule has 0 bridgehead atoms. The smallest absolute Gasteiger partial charge is 0.128 e. The molecule has 0 amide bonds. The molecule has 0 aliphatic rings. The number of anilines is 1. The van der Waals surface area contributed by atoms with Gasteiger partial charge in [-0.25, -0.2) is 0 Å². The van der Waals surface area contributed by atoms with E-state index in [-0.39, 0.29) is 11.5 Å². The van der Waals surface area contributed by atoms with Crippen LogP contribution in [0.2, 0.25) is 0 Å². The van der Waals surface area contributed by atoms with Crippen molar-refractivity contribution < 1.29 is 10.2 Å². The third kappa shape index (κ3) is 2.79. The molecule has 4 heteroatoms. The highest BCUT2D eigenvalue weighted by Crippen LogP contribution is 2.21. The molecule has 4 nitrogen and oxygen atoms in total. The molecule has 0 aromatic heterocycles. The summed E-state index contributed by atoms with van der Waals surface area (Å²) < 4.78 is 0. The lowest BCUT2D eigenvalue weighted by atomic mass is 10.2. The molecule has 0 spiro atoms. The highest BCUT2D eigenvalue weighted by molar-refractivity contribution is 5.84. The molecule has 0 radical (unpaired) electrons. The van der Waals surface area contributed by atoms with Crippen molar-refractivity contribution in [3.63, 3.8) is 0 Å². The zero-order chi connectivity index (χ0) is 13.0. The monoisotopic (exact) mass is 242 g/mol. The highest BCUT2D eigenvalue weighted by Gasteiger charge is 1.99. The van der Waals surface area contributed by atoms with E-state index in [0.29, 0.717) is 5.56 Å². The minimum absolute atomic E-state index is 0.00895. The second-order valence-corrected chi connectivity index (χ2v) is 3.93. The second kappa shape index (κ2) is 5.23. The second-order valence-electron chi connectivity index (χ2n) is 3.93. The lowest BCUT2D eigenvalue weighted by Crippen LogP contribution is -1.92. The third-order valence-electron chi connectivity index (χ3n) is 2.55. The van der Waals surface area contributed by atoms with Crippen LogP contribution in [0.5, 0.6) is 11.5 Å². The van der Waals surface area contributed by atoms with Crippen LogP contribution in [0, 0.1) is 6.92 Å². The van der Waals surface area contributed by atoms with E-state index >= 15 is 0 Å². The average molecular weight is 242 g/mol. The summed E-state index contributed by atoms with van der Waals surface area (Å²) in [5.74, 6) is 0.0156. The van der Waals surface area contributed by atoms with Gasteiger partial charge in [-0.05, 0) is 30.7 Å². The standard InChI is InChI=1S/C14H14N2O2/c1-10-4-2-3-5-13(10)16-15-9-11-6-7-12(17)8-14(11)18/h2-9,16-18H,1H3. The lowest BCUT2D eigenvalue weighted by Gasteiger charge is -2.04.